The molecule has 2 aliphatic rings. The summed E-state index contributed by atoms with van der Waals surface area (Å²) in [6.07, 6.45) is 0. The zero-order valence-electron chi connectivity index (χ0n) is 58.6. The van der Waals surface area contributed by atoms with Gasteiger partial charge in [0, 0.05) is 22.7 Å². The van der Waals surface area contributed by atoms with Gasteiger partial charge in [-0.25, -0.2) is 0 Å². The number of para-hydroxylation sites is 4. The molecule has 0 bridgehead atoms. The lowest BCUT2D eigenvalue weighted by atomic mass is 9.61. The van der Waals surface area contributed by atoms with Crippen molar-refractivity contribution in [3.8, 4) is 0 Å². The highest BCUT2D eigenvalue weighted by Gasteiger charge is 2.49. The van der Waals surface area contributed by atoms with Crippen molar-refractivity contribution in [3.63, 3.8) is 0 Å². The van der Waals surface area contributed by atoms with Crippen LogP contribution in [0, 0.1) is 0 Å². The van der Waals surface area contributed by atoms with Crippen molar-refractivity contribution in [1.29, 1.82) is 0 Å². The van der Waals surface area contributed by atoms with Gasteiger partial charge in [0.1, 0.15) is 0 Å². The molecule has 0 unspecified atom stereocenters. The fourth-order valence-corrected chi connectivity index (χ4v) is 14.5. The van der Waals surface area contributed by atoms with Crippen LogP contribution < -0.4 is 30.2 Å². The lowest BCUT2D eigenvalue weighted by Crippen LogP contribution is -2.54. The minimum absolute atomic E-state index is 0.188. The summed E-state index contributed by atoms with van der Waals surface area (Å²) in [5, 5.41) is 2.49. The molecule has 0 saturated heterocycles. The second-order valence-corrected chi connectivity index (χ2v) is 30.1. The van der Waals surface area contributed by atoms with Gasteiger partial charge in [-0.15, -0.1) is 0 Å². The van der Waals surface area contributed by atoms with Crippen LogP contribution in [0.5, 0.6) is 0 Å². The first-order chi connectivity index (χ1) is 41.6. The highest BCUT2D eigenvalue weighted by Crippen LogP contribution is 2.56. The molecular weight excluding hydrogens is 1060 g/mol. The third kappa shape index (κ3) is 11.6. The van der Waals surface area contributed by atoms with Crippen LogP contribution in [-0.4, -0.2) is 14.0 Å². The van der Waals surface area contributed by atoms with E-state index in [1.807, 2.05) is 0 Å². The first-order valence-corrected chi connectivity index (χ1v) is 34.2. The van der Waals surface area contributed by atoms with E-state index in [-0.39, 0.29) is 14.0 Å². The second kappa shape index (κ2) is 25.3. The first kappa shape index (κ1) is 64.3. The summed E-state index contributed by atoms with van der Waals surface area (Å²) >= 11 is 0. The number of benzene rings is 8. The van der Waals surface area contributed by atoms with E-state index in [1.54, 1.807) is 0 Å². The van der Waals surface area contributed by atoms with Gasteiger partial charge in [-0.05, 0) is 184 Å². The van der Waals surface area contributed by atoms with Crippen molar-refractivity contribution in [2.24, 2.45) is 0 Å². The molecule has 0 N–H and O–H groups in total. The number of rotatable bonds is 18. The summed E-state index contributed by atoms with van der Waals surface area (Å²) in [5.41, 5.74) is 30.0. The van der Waals surface area contributed by atoms with Gasteiger partial charge in [0.2, 0.25) is 0 Å². The molecule has 0 saturated carbocycles. The molecule has 460 valence electrons. The maximum atomic E-state index is 2.78. The molecule has 8 aromatic rings. The minimum Gasteiger partial charge on any atom is -0.359 e. The van der Waals surface area contributed by atoms with E-state index < -0.39 is 0 Å². The van der Waals surface area contributed by atoms with Gasteiger partial charge in [0.05, 0.1) is 22.7 Å². The Balaban J connectivity index is 1.28. The molecule has 88 heavy (non-hydrogen) atoms. The smallest absolute Gasteiger partial charge is 0.359 e. The van der Waals surface area contributed by atoms with E-state index >= 15 is 0 Å². The molecule has 4 nitrogen and oxygen atoms in total. The van der Waals surface area contributed by atoms with E-state index in [2.05, 4.69) is 319 Å². The molecule has 0 fully saturated rings. The predicted octanol–water partition coefficient (Wildman–Crippen LogP) is 23.7. The van der Waals surface area contributed by atoms with Crippen molar-refractivity contribution >= 4 is 81.2 Å². The maximum Gasteiger partial charge on any atom is 0.420 e. The second-order valence-electron chi connectivity index (χ2n) is 30.1. The maximum absolute atomic E-state index is 2.78. The Bertz CT molecular complexity index is 3280. The van der Waals surface area contributed by atoms with E-state index in [9.17, 15) is 0 Å². The fraction of sp³-hybridized carbons (Fsp3) is 0.439. The van der Waals surface area contributed by atoms with Crippen LogP contribution in [0.25, 0.3) is 10.8 Å². The molecular formula is C82H106B2N4. The lowest BCUT2D eigenvalue weighted by molar-refractivity contribution is 0.803. The molecule has 10 rings (SSSR count). The van der Waals surface area contributed by atoms with Gasteiger partial charge in [-0.2, -0.15) is 0 Å². The summed E-state index contributed by atoms with van der Waals surface area (Å²) in [5.74, 6) is 4.04. The van der Waals surface area contributed by atoms with E-state index in [0.29, 0.717) is 71.0 Å². The lowest BCUT2D eigenvalue weighted by Gasteiger charge is -2.37. The van der Waals surface area contributed by atoms with Crippen LogP contribution in [0.15, 0.2) is 133 Å². The van der Waals surface area contributed by atoms with Crippen molar-refractivity contribution in [2.45, 2.75) is 237 Å². The molecule has 6 heteroatoms. The summed E-state index contributed by atoms with van der Waals surface area (Å²) in [4.78, 5) is 11.1. The molecule has 0 amide bonds. The van der Waals surface area contributed by atoms with Crippen LogP contribution in [-0.2, 0) is 0 Å². The first-order valence-electron chi connectivity index (χ1n) is 34.2. The minimum atomic E-state index is -0.188. The number of nitrogens with zero attached hydrogens (tertiary/aromatic N) is 4. The summed E-state index contributed by atoms with van der Waals surface area (Å²) in [7, 11) is 0. The van der Waals surface area contributed by atoms with Gasteiger partial charge in [-0.1, -0.05) is 275 Å². The van der Waals surface area contributed by atoms with Gasteiger partial charge in [0.15, 0.2) is 0 Å². The average Bonchev–Trinajstić information content (AvgIpc) is 1.55. The molecule has 2 aliphatic heterocycles. The zero-order chi connectivity index (χ0) is 63.8. The Morgan fingerprint density at radius 3 is 0.557 bits per heavy atom. The average molecular weight is 1170 g/mol. The third-order valence-corrected chi connectivity index (χ3v) is 19.6. The van der Waals surface area contributed by atoms with E-state index in [0.717, 1.165) is 0 Å². The quantitative estimate of drug-likeness (QED) is 0.0794. The van der Waals surface area contributed by atoms with Crippen molar-refractivity contribution < 1.29 is 0 Å². The SMILES string of the molecule is CC(C)c1cc(C(C)C)c(N2B(c3ccc4cc(B5N(c6c(C(C)C)cc(C(C)C)cc6C(C)C)c6ccccc6N5c5c(C(C)C)cc(C(C)C)cc5C(C)C)ccc4c3)N(c3c(C(C)C)cc(C(C)C)cc3C(C)C)c3ccccc32)c(C(C)C)c1. The molecule has 0 atom stereocenters. The Morgan fingerprint density at radius 1 is 0.216 bits per heavy atom. The van der Waals surface area contributed by atoms with Gasteiger partial charge in [-0.3, -0.25) is 0 Å². The highest BCUT2D eigenvalue weighted by atomic mass is 15.3. The van der Waals surface area contributed by atoms with Gasteiger partial charge >= 0.3 is 14.0 Å². The molecule has 0 aliphatic carbocycles. The van der Waals surface area contributed by atoms with Gasteiger partial charge in [0.25, 0.3) is 0 Å². The molecule has 2 heterocycles. The molecule has 8 aromatic carbocycles. The van der Waals surface area contributed by atoms with Crippen LogP contribution >= 0.6 is 0 Å². The molecule has 0 radical (unpaired) electrons. The predicted molar refractivity (Wildman–Crippen MR) is 391 cm³/mol. The zero-order valence-corrected chi connectivity index (χ0v) is 58.6. The van der Waals surface area contributed by atoms with Crippen LogP contribution in [0.2, 0.25) is 0 Å². The summed E-state index contributed by atoms with van der Waals surface area (Å²) in [6, 6.07) is 54.1. The van der Waals surface area contributed by atoms with Crippen LogP contribution in [0.3, 0.4) is 0 Å². The topological polar surface area (TPSA) is 13.0 Å². The number of fused-ring (bicyclic) bond motifs is 3. The number of hydrogen-bond donors (Lipinski definition) is 0. The largest absolute Gasteiger partial charge is 0.420 e. The monoisotopic (exact) mass is 1170 g/mol. The number of anilines is 8. The third-order valence-electron chi connectivity index (χ3n) is 19.6. The van der Waals surface area contributed by atoms with Gasteiger partial charge < -0.3 is 19.2 Å². The van der Waals surface area contributed by atoms with E-state index in [1.165, 1.54) is 134 Å². The van der Waals surface area contributed by atoms with Crippen LogP contribution in [0.4, 0.5) is 45.5 Å². The standard InChI is InChI=1S/C82H106B2N4/c1-47(2)61-39-67(51(9)10)79(68(40-61)52(11)12)85-75-29-25-26-30-76(75)86(80-69(53(13)14)41-62(48(3)4)42-70(80)54(15)16)83(85)65-35-33-60-38-66(36-34-59(60)37-65)84-87(81-71(55(17)18)43-63(49(5)6)44-72(81)56(19)20)77-31-27-28-32-78(77)88(84)82-73(57(21)22)45-64(50(7)8)46-74(82)58(23)24/h25-58H,1-24H3. The van der Waals surface area contributed by atoms with Crippen LogP contribution in [0.1, 0.15) is 304 Å². The van der Waals surface area contributed by atoms with E-state index in [4.69, 9.17) is 0 Å². The number of hydrogen-bond acceptors (Lipinski definition) is 4. The normalized spacial score (nSPS) is 13.9. The van der Waals surface area contributed by atoms with Crippen molar-refractivity contribution in [2.75, 3.05) is 19.2 Å². The molecule has 0 spiro atoms. The summed E-state index contributed by atoms with van der Waals surface area (Å²) < 4.78 is 0. The summed E-state index contributed by atoms with van der Waals surface area (Å²) in [6.45, 7) is 56.9. The Kier molecular flexibility index (Phi) is 18.5. The Morgan fingerprint density at radius 2 is 0.398 bits per heavy atom. The molecule has 0 aromatic heterocycles. The fourth-order valence-electron chi connectivity index (χ4n) is 14.5. The highest BCUT2D eigenvalue weighted by molar-refractivity contribution is 6.85. The Labute approximate surface area is 534 Å². The van der Waals surface area contributed by atoms with Crippen molar-refractivity contribution in [3.05, 3.63) is 200 Å². The van der Waals surface area contributed by atoms with Crippen molar-refractivity contribution in [1.82, 2.24) is 0 Å². The Hall–Kier alpha value is -6.65.